The Morgan fingerprint density at radius 2 is 2.37 bits per heavy atom. The number of nitrogens with zero attached hydrogens (tertiary/aromatic N) is 3. The van der Waals surface area contributed by atoms with Crippen molar-refractivity contribution < 1.29 is 9.34 Å². The molecule has 0 radical (unpaired) electrons. The second kappa shape index (κ2) is 5.64. The predicted octanol–water partition coefficient (Wildman–Crippen LogP) is 2.11. The first kappa shape index (κ1) is 12.6. The van der Waals surface area contributed by atoms with E-state index >= 15 is 0 Å². The lowest BCUT2D eigenvalue weighted by atomic mass is 10.2. The Kier molecular flexibility index (Phi) is 3.73. The van der Waals surface area contributed by atoms with Crippen molar-refractivity contribution in [3.8, 4) is 6.07 Å². The largest absolute Gasteiger partial charge is 0.469 e. The molecule has 7 heteroatoms. The van der Waals surface area contributed by atoms with Crippen LogP contribution in [0.5, 0.6) is 0 Å². The minimum atomic E-state index is -0.610. The van der Waals surface area contributed by atoms with Crippen molar-refractivity contribution in [3.63, 3.8) is 0 Å². The fourth-order valence-electron chi connectivity index (χ4n) is 1.62. The van der Waals surface area contributed by atoms with Crippen LogP contribution in [0.2, 0.25) is 0 Å². The van der Waals surface area contributed by atoms with Crippen LogP contribution in [0.25, 0.3) is 0 Å². The lowest BCUT2D eigenvalue weighted by molar-refractivity contribution is -0.384. The van der Waals surface area contributed by atoms with E-state index in [2.05, 4.69) is 10.3 Å². The monoisotopic (exact) mass is 258 g/mol. The number of nitrogens with one attached hydrogen (secondary N) is 1. The molecular formula is C12H10N4O3. The smallest absolute Gasteiger partial charge is 0.328 e. The van der Waals surface area contributed by atoms with Gasteiger partial charge in [0.15, 0.2) is 0 Å². The molecule has 0 spiro atoms. The van der Waals surface area contributed by atoms with Crippen LogP contribution in [0.1, 0.15) is 11.3 Å². The van der Waals surface area contributed by atoms with Crippen molar-refractivity contribution in [1.82, 2.24) is 4.98 Å². The van der Waals surface area contributed by atoms with Crippen LogP contribution in [0, 0.1) is 21.4 Å². The number of furan rings is 1. The maximum atomic E-state index is 10.9. The molecule has 96 valence electrons. The van der Waals surface area contributed by atoms with Crippen molar-refractivity contribution in [3.05, 3.63) is 52.1 Å². The van der Waals surface area contributed by atoms with Crippen molar-refractivity contribution in [2.24, 2.45) is 0 Å². The van der Waals surface area contributed by atoms with Crippen molar-refractivity contribution in [1.29, 1.82) is 5.26 Å². The summed E-state index contributed by atoms with van der Waals surface area (Å²) in [5.41, 5.74) is -0.315. The molecule has 0 aromatic carbocycles. The highest BCUT2D eigenvalue weighted by molar-refractivity contribution is 5.64. The molecular weight excluding hydrogens is 248 g/mol. The Labute approximate surface area is 108 Å². The predicted molar refractivity (Wildman–Crippen MR) is 66.5 cm³/mol. The van der Waals surface area contributed by atoms with Crippen molar-refractivity contribution in [2.45, 2.75) is 6.42 Å². The van der Waals surface area contributed by atoms with Gasteiger partial charge in [-0.25, -0.2) is 4.98 Å². The van der Waals surface area contributed by atoms with Crippen LogP contribution in [0.3, 0.4) is 0 Å². The van der Waals surface area contributed by atoms with Crippen LogP contribution >= 0.6 is 0 Å². The summed E-state index contributed by atoms with van der Waals surface area (Å²) in [7, 11) is 0. The van der Waals surface area contributed by atoms with Crippen LogP contribution in [0.4, 0.5) is 11.5 Å². The van der Waals surface area contributed by atoms with E-state index in [9.17, 15) is 10.1 Å². The zero-order chi connectivity index (χ0) is 13.7. The molecule has 0 aliphatic carbocycles. The van der Waals surface area contributed by atoms with E-state index in [-0.39, 0.29) is 17.1 Å². The Morgan fingerprint density at radius 1 is 1.53 bits per heavy atom. The molecule has 0 bridgehead atoms. The first-order valence-electron chi connectivity index (χ1n) is 5.52. The average Bonchev–Trinajstić information content (AvgIpc) is 2.91. The summed E-state index contributed by atoms with van der Waals surface area (Å²) in [6, 6.07) is 6.68. The van der Waals surface area contributed by atoms with Gasteiger partial charge in [-0.05, 0) is 18.2 Å². The molecule has 19 heavy (non-hydrogen) atoms. The Bertz CT molecular complexity index is 616. The van der Waals surface area contributed by atoms with Crippen molar-refractivity contribution >= 4 is 11.5 Å². The van der Waals surface area contributed by atoms with E-state index in [0.717, 1.165) is 5.76 Å². The van der Waals surface area contributed by atoms with Crippen LogP contribution in [-0.4, -0.2) is 16.5 Å². The van der Waals surface area contributed by atoms with Gasteiger partial charge in [0.2, 0.25) is 5.82 Å². The highest BCUT2D eigenvalue weighted by Gasteiger charge is 2.20. The molecule has 0 aliphatic rings. The van der Waals surface area contributed by atoms with E-state index in [1.54, 1.807) is 18.4 Å². The third-order valence-corrected chi connectivity index (χ3v) is 2.47. The van der Waals surface area contributed by atoms with E-state index < -0.39 is 4.92 Å². The lowest BCUT2D eigenvalue weighted by Crippen LogP contribution is -2.09. The van der Waals surface area contributed by atoms with Gasteiger partial charge in [0, 0.05) is 19.2 Å². The second-order valence-electron chi connectivity index (χ2n) is 3.68. The van der Waals surface area contributed by atoms with Crippen molar-refractivity contribution in [2.75, 3.05) is 11.9 Å². The van der Waals surface area contributed by atoms with E-state index in [1.165, 1.54) is 12.3 Å². The minimum Gasteiger partial charge on any atom is -0.469 e. The summed E-state index contributed by atoms with van der Waals surface area (Å²) in [5, 5.41) is 22.6. The molecule has 0 saturated carbocycles. The number of hydrogen-bond donors (Lipinski definition) is 1. The van der Waals surface area contributed by atoms with Crippen LogP contribution in [0.15, 0.2) is 35.1 Å². The molecule has 7 nitrogen and oxygen atoms in total. The second-order valence-corrected chi connectivity index (χ2v) is 3.68. The summed E-state index contributed by atoms with van der Waals surface area (Å²) in [6.07, 6.45) is 3.50. The summed E-state index contributed by atoms with van der Waals surface area (Å²) in [5.74, 6) is 0.863. The molecule has 2 heterocycles. The van der Waals surface area contributed by atoms with Gasteiger partial charge < -0.3 is 9.73 Å². The average molecular weight is 258 g/mol. The first-order chi connectivity index (χ1) is 9.22. The molecule has 0 amide bonds. The number of nitriles is 1. The molecule has 2 rings (SSSR count). The summed E-state index contributed by atoms with van der Waals surface area (Å²) >= 11 is 0. The fourth-order valence-corrected chi connectivity index (χ4v) is 1.62. The summed E-state index contributed by atoms with van der Waals surface area (Å²) < 4.78 is 5.15. The standard InChI is InChI=1S/C12H10N4O3/c13-8-9-3-5-14-12(11(9)16(17)18)15-6-4-10-2-1-7-19-10/h1-3,5,7H,4,6H2,(H,14,15). The zero-order valence-corrected chi connectivity index (χ0v) is 9.87. The fraction of sp³-hybridized carbons (Fsp3) is 0.167. The highest BCUT2D eigenvalue weighted by Crippen LogP contribution is 2.25. The van der Waals surface area contributed by atoms with E-state index in [0.29, 0.717) is 13.0 Å². The number of aromatic nitrogens is 1. The van der Waals surface area contributed by atoms with Gasteiger partial charge in [-0.2, -0.15) is 5.26 Å². The number of anilines is 1. The molecule has 0 fully saturated rings. The molecule has 0 atom stereocenters. The molecule has 0 unspecified atom stereocenters. The minimum absolute atomic E-state index is 0.0134. The molecule has 1 N–H and O–H groups in total. The Balaban J connectivity index is 2.12. The van der Waals surface area contributed by atoms with E-state index in [1.807, 2.05) is 6.07 Å². The van der Waals surface area contributed by atoms with Gasteiger partial charge >= 0.3 is 5.69 Å². The Morgan fingerprint density at radius 3 is 3.00 bits per heavy atom. The third-order valence-electron chi connectivity index (χ3n) is 2.47. The van der Waals surface area contributed by atoms with Crippen LogP contribution < -0.4 is 5.32 Å². The van der Waals surface area contributed by atoms with Gasteiger partial charge in [0.25, 0.3) is 0 Å². The maximum absolute atomic E-state index is 10.9. The summed E-state index contributed by atoms with van der Waals surface area (Å²) in [4.78, 5) is 14.2. The normalized spacial score (nSPS) is 9.84. The van der Waals surface area contributed by atoms with Gasteiger partial charge in [-0.1, -0.05) is 0 Å². The number of nitro groups is 1. The zero-order valence-electron chi connectivity index (χ0n) is 9.87. The van der Waals surface area contributed by atoms with Crippen LogP contribution in [-0.2, 0) is 6.42 Å². The molecule has 2 aromatic heterocycles. The molecule has 0 saturated heterocycles. The Hall–Kier alpha value is -2.88. The van der Waals surface area contributed by atoms with E-state index in [4.69, 9.17) is 9.68 Å². The highest BCUT2D eigenvalue weighted by atomic mass is 16.6. The SMILES string of the molecule is N#Cc1ccnc(NCCc2ccco2)c1[N+](=O)[O-]. The topological polar surface area (TPSA) is 105 Å². The number of rotatable bonds is 5. The van der Waals surface area contributed by atoms with Gasteiger partial charge in [0.1, 0.15) is 17.4 Å². The quantitative estimate of drug-likeness (QED) is 0.650. The van der Waals surface area contributed by atoms with Gasteiger partial charge in [-0.3, -0.25) is 10.1 Å². The molecule has 0 aliphatic heterocycles. The summed E-state index contributed by atoms with van der Waals surface area (Å²) in [6.45, 7) is 0.427. The molecule has 2 aromatic rings. The van der Waals surface area contributed by atoms with Gasteiger partial charge in [-0.15, -0.1) is 0 Å². The first-order valence-corrected chi connectivity index (χ1v) is 5.52. The lowest BCUT2D eigenvalue weighted by Gasteiger charge is -2.05. The maximum Gasteiger partial charge on any atom is 0.328 e. The third kappa shape index (κ3) is 2.87. The number of pyridine rings is 1. The van der Waals surface area contributed by atoms with Gasteiger partial charge in [0.05, 0.1) is 11.2 Å². The number of hydrogen-bond acceptors (Lipinski definition) is 6.